The van der Waals surface area contributed by atoms with E-state index in [1.807, 2.05) is 42.5 Å². The van der Waals surface area contributed by atoms with E-state index >= 15 is 0 Å². The van der Waals surface area contributed by atoms with Gasteiger partial charge in [0.05, 0.1) is 17.8 Å². The quantitative estimate of drug-likeness (QED) is 0.347. The molecule has 5 rings (SSSR count). The summed E-state index contributed by atoms with van der Waals surface area (Å²) in [5.74, 6) is 0. The molecule has 0 unspecified atom stereocenters. The highest BCUT2D eigenvalue weighted by atomic mass is 35.5. The van der Waals surface area contributed by atoms with Crippen LogP contribution in [0.15, 0.2) is 84.0 Å². The number of pyridine rings is 1. The monoisotopic (exact) mass is 481 g/mol. The fourth-order valence-electron chi connectivity index (χ4n) is 3.64. The van der Waals surface area contributed by atoms with E-state index in [2.05, 4.69) is 15.1 Å². The minimum atomic E-state index is -4.53. The molecule has 0 spiro atoms. The lowest BCUT2D eigenvalue weighted by Crippen LogP contribution is -2.22. The van der Waals surface area contributed by atoms with Gasteiger partial charge in [0.15, 0.2) is 5.65 Å². The van der Waals surface area contributed by atoms with Crippen molar-refractivity contribution in [3.63, 3.8) is 0 Å². The zero-order valence-electron chi connectivity index (χ0n) is 17.4. The molecule has 0 saturated heterocycles. The highest BCUT2D eigenvalue weighted by Crippen LogP contribution is 2.33. The molecule has 0 N–H and O–H groups in total. The van der Waals surface area contributed by atoms with E-state index in [0.717, 1.165) is 23.4 Å². The zero-order chi connectivity index (χ0) is 23.9. The number of hydrogen-bond donors (Lipinski definition) is 0. The minimum absolute atomic E-state index is 0.0455. The maximum atomic E-state index is 13.0. The topological polar surface area (TPSA) is 65.1 Å². The number of benzene rings is 2. The van der Waals surface area contributed by atoms with E-state index in [-0.39, 0.29) is 6.54 Å². The molecular formula is C24H15ClF3N5O. The van der Waals surface area contributed by atoms with Gasteiger partial charge in [0.2, 0.25) is 0 Å². The molecule has 0 aliphatic heterocycles. The maximum Gasteiger partial charge on any atom is 0.433 e. The predicted molar refractivity (Wildman–Crippen MR) is 121 cm³/mol. The Morgan fingerprint density at radius 1 is 0.882 bits per heavy atom. The molecule has 0 atom stereocenters. The average molecular weight is 482 g/mol. The van der Waals surface area contributed by atoms with Crippen LogP contribution < -0.4 is 5.69 Å². The molecule has 0 fully saturated rings. The minimum Gasteiger partial charge on any atom is -0.251 e. The first-order chi connectivity index (χ1) is 16.3. The molecule has 3 heterocycles. The summed E-state index contributed by atoms with van der Waals surface area (Å²) in [6.45, 7) is -0.0455. The number of aromatic nitrogens is 5. The molecule has 170 valence electrons. The van der Waals surface area contributed by atoms with Gasteiger partial charge in [-0.1, -0.05) is 60.1 Å². The van der Waals surface area contributed by atoms with Crippen LogP contribution in [0.25, 0.3) is 28.0 Å². The molecule has 0 bridgehead atoms. The van der Waals surface area contributed by atoms with Gasteiger partial charge < -0.3 is 0 Å². The predicted octanol–water partition coefficient (Wildman–Crippen LogP) is 5.34. The summed E-state index contributed by atoms with van der Waals surface area (Å²) < 4.78 is 40.9. The van der Waals surface area contributed by atoms with Gasteiger partial charge in [-0.15, -0.1) is 5.10 Å². The van der Waals surface area contributed by atoms with E-state index in [4.69, 9.17) is 11.6 Å². The lowest BCUT2D eigenvalue weighted by atomic mass is 10.0. The third-order valence-corrected chi connectivity index (χ3v) is 5.51. The molecule has 0 saturated carbocycles. The third-order valence-electron chi connectivity index (χ3n) is 5.26. The van der Waals surface area contributed by atoms with Crippen LogP contribution in [0, 0.1) is 0 Å². The van der Waals surface area contributed by atoms with Crippen molar-refractivity contribution in [2.75, 3.05) is 0 Å². The molecule has 0 aliphatic rings. The SMILES string of the molecule is O=c1n(Cc2ccc(C(F)(F)F)nc2)nc2c(-c3ccccc3)c(-c3ccc(Cl)cc3)ncn12. The normalized spacial score (nSPS) is 11.8. The Morgan fingerprint density at radius 2 is 1.62 bits per heavy atom. The van der Waals surface area contributed by atoms with Gasteiger partial charge in [-0.3, -0.25) is 4.98 Å². The summed E-state index contributed by atoms with van der Waals surface area (Å²) in [6, 6.07) is 18.7. The van der Waals surface area contributed by atoms with Crippen LogP contribution in [0.4, 0.5) is 13.2 Å². The summed E-state index contributed by atoms with van der Waals surface area (Å²) in [6.07, 6.45) is -2.05. The summed E-state index contributed by atoms with van der Waals surface area (Å²) >= 11 is 6.04. The van der Waals surface area contributed by atoms with Crippen LogP contribution >= 0.6 is 11.6 Å². The third kappa shape index (κ3) is 4.06. The van der Waals surface area contributed by atoms with Crippen LogP contribution in [0.2, 0.25) is 5.02 Å². The Balaban J connectivity index is 1.65. The Kier molecular flexibility index (Phi) is 5.41. The summed E-state index contributed by atoms with van der Waals surface area (Å²) in [4.78, 5) is 21.0. The number of rotatable bonds is 4. The van der Waals surface area contributed by atoms with Crippen LogP contribution in [-0.4, -0.2) is 24.1 Å². The van der Waals surface area contributed by atoms with Crippen molar-refractivity contribution in [1.29, 1.82) is 0 Å². The zero-order valence-corrected chi connectivity index (χ0v) is 18.1. The average Bonchev–Trinajstić information content (AvgIpc) is 3.14. The van der Waals surface area contributed by atoms with Crippen molar-refractivity contribution >= 4 is 17.2 Å². The number of hydrogen-bond acceptors (Lipinski definition) is 4. The fourth-order valence-corrected chi connectivity index (χ4v) is 3.77. The highest BCUT2D eigenvalue weighted by Gasteiger charge is 2.32. The highest BCUT2D eigenvalue weighted by molar-refractivity contribution is 6.30. The van der Waals surface area contributed by atoms with Crippen LogP contribution in [0.1, 0.15) is 11.3 Å². The molecule has 0 amide bonds. The molecule has 2 aromatic carbocycles. The molecule has 5 aromatic rings. The number of alkyl halides is 3. The first-order valence-electron chi connectivity index (χ1n) is 10.1. The first-order valence-corrected chi connectivity index (χ1v) is 10.5. The van der Waals surface area contributed by atoms with Crippen LogP contribution in [-0.2, 0) is 12.7 Å². The second-order valence-corrected chi connectivity index (χ2v) is 7.96. The number of fused-ring (bicyclic) bond motifs is 1. The Morgan fingerprint density at radius 3 is 2.26 bits per heavy atom. The molecule has 34 heavy (non-hydrogen) atoms. The van der Waals surface area contributed by atoms with Gasteiger partial charge in [0.1, 0.15) is 12.0 Å². The molecular weight excluding hydrogens is 467 g/mol. The Labute approximate surface area is 195 Å². The molecule has 6 nitrogen and oxygen atoms in total. The van der Waals surface area contributed by atoms with Crippen molar-refractivity contribution < 1.29 is 13.2 Å². The van der Waals surface area contributed by atoms with Crippen molar-refractivity contribution in [3.05, 3.63) is 106 Å². The van der Waals surface area contributed by atoms with Gasteiger partial charge in [-0.25, -0.2) is 18.9 Å². The maximum absolute atomic E-state index is 13.0. The van der Waals surface area contributed by atoms with Crippen LogP contribution in [0.5, 0.6) is 0 Å². The van der Waals surface area contributed by atoms with E-state index in [0.29, 0.717) is 27.5 Å². The van der Waals surface area contributed by atoms with E-state index in [9.17, 15) is 18.0 Å². The van der Waals surface area contributed by atoms with Crippen molar-refractivity contribution in [2.24, 2.45) is 0 Å². The fraction of sp³-hybridized carbons (Fsp3) is 0.0833. The van der Waals surface area contributed by atoms with Crippen molar-refractivity contribution in [3.8, 4) is 22.4 Å². The Bertz CT molecular complexity index is 1530. The number of halogens is 4. The smallest absolute Gasteiger partial charge is 0.251 e. The van der Waals surface area contributed by atoms with Crippen LogP contribution in [0.3, 0.4) is 0 Å². The first kappa shape index (κ1) is 21.8. The van der Waals surface area contributed by atoms with Gasteiger partial charge in [-0.05, 0) is 29.3 Å². The van der Waals surface area contributed by atoms with Gasteiger partial charge in [-0.2, -0.15) is 13.2 Å². The van der Waals surface area contributed by atoms with Crippen molar-refractivity contribution in [2.45, 2.75) is 12.7 Å². The van der Waals surface area contributed by atoms with E-state index < -0.39 is 17.6 Å². The molecule has 0 aliphatic carbocycles. The lowest BCUT2D eigenvalue weighted by Gasteiger charge is -2.10. The standard InChI is InChI=1S/C24H15ClF3N5O/c25-18-9-7-17(8-10-18)21-20(16-4-2-1-3-5-16)22-31-33(23(34)32(22)14-30-21)13-15-6-11-19(29-12-15)24(26,27)28/h1-12,14H,13H2. The largest absolute Gasteiger partial charge is 0.433 e. The van der Waals surface area contributed by atoms with Crippen molar-refractivity contribution in [1.82, 2.24) is 24.1 Å². The number of nitrogens with zero attached hydrogens (tertiary/aromatic N) is 5. The van der Waals surface area contributed by atoms with Gasteiger partial charge in [0.25, 0.3) is 0 Å². The second kappa shape index (κ2) is 8.42. The van der Waals surface area contributed by atoms with Gasteiger partial charge in [0, 0.05) is 16.8 Å². The summed E-state index contributed by atoms with van der Waals surface area (Å²) in [7, 11) is 0. The second-order valence-electron chi connectivity index (χ2n) is 7.52. The Hall–Kier alpha value is -3.98. The molecule has 0 radical (unpaired) electrons. The lowest BCUT2D eigenvalue weighted by molar-refractivity contribution is -0.141. The van der Waals surface area contributed by atoms with E-state index in [1.165, 1.54) is 21.5 Å². The summed E-state index contributed by atoms with van der Waals surface area (Å²) in [5.41, 5.74) is 2.17. The molecule has 10 heteroatoms. The van der Waals surface area contributed by atoms with E-state index in [1.54, 1.807) is 12.1 Å². The summed E-state index contributed by atoms with van der Waals surface area (Å²) in [5, 5.41) is 5.09. The van der Waals surface area contributed by atoms with Gasteiger partial charge >= 0.3 is 11.9 Å². The molecule has 3 aromatic heterocycles.